The normalized spacial score (nSPS) is 14.3. The van der Waals surface area contributed by atoms with E-state index in [9.17, 15) is 4.79 Å². The second-order valence-corrected chi connectivity index (χ2v) is 7.41. The van der Waals surface area contributed by atoms with Gasteiger partial charge in [0, 0.05) is 16.8 Å². The van der Waals surface area contributed by atoms with Crippen molar-refractivity contribution in [3.63, 3.8) is 0 Å². The molecule has 0 bridgehead atoms. The van der Waals surface area contributed by atoms with Crippen molar-refractivity contribution < 1.29 is 19.2 Å². The van der Waals surface area contributed by atoms with Gasteiger partial charge in [-0.2, -0.15) is 0 Å². The monoisotopic (exact) mass is 389 g/mol. The molecule has 3 aromatic carbocycles. The number of aryl methyl sites for hydroxylation is 1. The van der Waals surface area contributed by atoms with E-state index in [1.165, 1.54) is 0 Å². The summed E-state index contributed by atoms with van der Waals surface area (Å²) in [4.78, 5) is 14.3. The van der Waals surface area contributed by atoms with E-state index in [0.717, 1.165) is 38.8 Å². The third kappa shape index (κ3) is 4.41. The summed E-state index contributed by atoms with van der Waals surface area (Å²) in [6.45, 7) is 2.96. The zero-order chi connectivity index (χ0) is 20.2. The van der Waals surface area contributed by atoms with Crippen LogP contribution in [0.4, 0.5) is 5.69 Å². The standard InChI is InChI=1S/C24H24N2O3/c1-17-8-11-20(12-9-17)25-24(27)23(19-6-4-3-5-7-19)26(2)15-18-10-13-21-22(14-18)29-16-28-21/h3-14,23H,15-16H2,1-2H3,(H,25,27)/p+1/t23-/m1/s1. The van der Waals surface area contributed by atoms with Gasteiger partial charge in [0.1, 0.15) is 6.54 Å². The lowest BCUT2D eigenvalue weighted by molar-refractivity contribution is -0.915. The summed E-state index contributed by atoms with van der Waals surface area (Å²) in [7, 11) is 2.04. The van der Waals surface area contributed by atoms with Crippen LogP contribution in [0.15, 0.2) is 72.8 Å². The van der Waals surface area contributed by atoms with Gasteiger partial charge >= 0.3 is 0 Å². The van der Waals surface area contributed by atoms with Crippen LogP contribution in [-0.4, -0.2) is 19.7 Å². The van der Waals surface area contributed by atoms with E-state index in [0.29, 0.717) is 6.54 Å². The molecule has 0 radical (unpaired) electrons. The van der Waals surface area contributed by atoms with Gasteiger partial charge < -0.3 is 19.7 Å². The number of nitrogens with one attached hydrogen (secondary N) is 2. The topological polar surface area (TPSA) is 52.0 Å². The lowest BCUT2D eigenvalue weighted by Crippen LogP contribution is -3.09. The Morgan fingerprint density at radius 1 is 1.00 bits per heavy atom. The van der Waals surface area contributed by atoms with Gasteiger partial charge in [0.15, 0.2) is 17.5 Å². The molecule has 2 atom stereocenters. The molecular weight excluding hydrogens is 364 g/mol. The fraction of sp³-hybridized carbons (Fsp3) is 0.208. The largest absolute Gasteiger partial charge is 0.454 e. The van der Waals surface area contributed by atoms with Crippen molar-refractivity contribution in [1.82, 2.24) is 0 Å². The minimum atomic E-state index is -0.345. The predicted octanol–water partition coefficient (Wildman–Crippen LogP) is 3.12. The maximum atomic E-state index is 13.2. The van der Waals surface area contributed by atoms with Crippen LogP contribution in [-0.2, 0) is 11.3 Å². The van der Waals surface area contributed by atoms with Gasteiger partial charge in [0.25, 0.3) is 5.91 Å². The summed E-state index contributed by atoms with van der Waals surface area (Å²) in [6.07, 6.45) is 0. The van der Waals surface area contributed by atoms with Gasteiger partial charge in [-0.1, -0.05) is 48.0 Å². The molecular formula is C24H25N2O3+. The first-order chi connectivity index (χ1) is 14.1. The maximum Gasteiger partial charge on any atom is 0.287 e. The van der Waals surface area contributed by atoms with E-state index in [4.69, 9.17) is 9.47 Å². The zero-order valence-corrected chi connectivity index (χ0v) is 16.6. The summed E-state index contributed by atoms with van der Waals surface area (Å²) in [5.41, 5.74) is 4.04. The molecule has 4 rings (SSSR count). The van der Waals surface area contributed by atoms with Gasteiger partial charge in [-0.25, -0.2) is 0 Å². The number of ether oxygens (including phenoxy) is 2. The van der Waals surface area contributed by atoms with E-state index in [1.807, 2.05) is 86.8 Å². The van der Waals surface area contributed by atoms with Gasteiger partial charge in [-0.15, -0.1) is 0 Å². The third-order valence-corrected chi connectivity index (χ3v) is 5.13. The summed E-state index contributed by atoms with van der Waals surface area (Å²) in [6, 6.07) is 23.4. The van der Waals surface area contributed by atoms with Crippen molar-refractivity contribution in [2.75, 3.05) is 19.2 Å². The molecule has 2 N–H and O–H groups in total. The number of carbonyl (C=O) groups excluding carboxylic acids is 1. The van der Waals surface area contributed by atoms with Crippen molar-refractivity contribution in [3.8, 4) is 11.5 Å². The van der Waals surface area contributed by atoms with Gasteiger partial charge in [0.05, 0.1) is 7.05 Å². The van der Waals surface area contributed by atoms with Crippen LogP contribution in [0.1, 0.15) is 22.7 Å². The number of likely N-dealkylation sites (N-methyl/N-ethyl adjacent to an activating group) is 1. The molecule has 0 fully saturated rings. The summed E-state index contributed by atoms with van der Waals surface area (Å²) >= 11 is 0. The highest BCUT2D eigenvalue weighted by atomic mass is 16.7. The number of carbonyl (C=O) groups is 1. The minimum Gasteiger partial charge on any atom is -0.454 e. The zero-order valence-electron chi connectivity index (χ0n) is 16.6. The van der Waals surface area contributed by atoms with Crippen molar-refractivity contribution in [3.05, 3.63) is 89.5 Å². The summed E-state index contributed by atoms with van der Waals surface area (Å²) in [5, 5.41) is 3.07. The number of benzene rings is 3. The van der Waals surface area contributed by atoms with Gasteiger partial charge in [-0.05, 0) is 37.3 Å². The van der Waals surface area contributed by atoms with E-state index < -0.39 is 0 Å². The molecule has 3 aromatic rings. The SMILES string of the molecule is Cc1ccc(NC(=O)[C@@H](c2ccccc2)[NH+](C)Cc2ccc3c(c2)OCO3)cc1. The highest BCUT2D eigenvalue weighted by molar-refractivity contribution is 5.94. The minimum absolute atomic E-state index is 0.0294. The highest BCUT2D eigenvalue weighted by Crippen LogP contribution is 2.32. The fourth-order valence-corrected chi connectivity index (χ4v) is 3.63. The highest BCUT2D eigenvalue weighted by Gasteiger charge is 2.29. The Morgan fingerprint density at radius 3 is 2.48 bits per heavy atom. The first kappa shape index (κ1) is 19.0. The molecule has 1 heterocycles. The van der Waals surface area contributed by atoms with Crippen LogP contribution < -0.4 is 19.7 Å². The van der Waals surface area contributed by atoms with Crippen LogP contribution in [0, 0.1) is 6.92 Å². The van der Waals surface area contributed by atoms with Crippen LogP contribution in [0.2, 0.25) is 0 Å². The van der Waals surface area contributed by atoms with E-state index >= 15 is 0 Å². The molecule has 0 spiro atoms. The summed E-state index contributed by atoms with van der Waals surface area (Å²) in [5.74, 6) is 1.50. The average Bonchev–Trinajstić information content (AvgIpc) is 3.18. The molecule has 5 nitrogen and oxygen atoms in total. The quantitative estimate of drug-likeness (QED) is 0.681. The van der Waals surface area contributed by atoms with Crippen LogP contribution in [0.25, 0.3) is 0 Å². The molecule has 1 unspecified atom stereocenters. The van der Waals surface area contributed by atoms with Crippen molar-refractivity contribution >= 4 is 11.6 Å². The van der Waals surface area contributed by atoms with Gasteiger partial charge in [0.2, 0.25) is 6.79 Å². The Labute approximate surface area is 170 Å². The Kier molecular flexibility index (Phi) is 5.49. The van der Waals surface area contributed by atoms with Crippen molar-refractivity contribution in [1.29, 1.82) is 0 Å². The number of hydrogen-bond donors (Lipinski definition) is 2. The number of quaternary nitrogens is 1. The Hall–Kier alpha value is -3.31. The molecule has 1 aliphatic rings. The molecule has 29 heavy (non-hydrogen) atoms. The second-order valence-electron chi connectivity index (χ2n) is 7.41. The second kappa shape index (κ2) is 8.37. The number of fused-ring (bicyclic) bond motifs is 1. The molecule has 1 aliphatic heterocycles. The smallest absolute Gasteiger partial charge is 0.287 e. The first-order valence-corrected chi connectivity index (χ1v) is 9.73. The van der Waals surface area contributed by atoms with Gasteiger partial charge in [-0.3, -0.25) is 4.79 Å². The lowest BCUT2D eigenvalue weighted by Gasteiger charge is -2.25. The number of amides is 1. The van der Waals surface area contributed by atoms with E-state index in [-0.39, 0.29) is 18.7 Å². The summed E-state index contributed by atoms with van der Waals surface area (Å²) < 4.78 is 10.9. The molecule has 0 aliphatic carbocycles. The predicted molar refractivity (Wildman–Crippen MR) is 112 cm³/mol. The Morgan fingerprint density at radius 2 is 1.72 bits per heavy atom. The maximum absolute atomic E-state index is 13.2. The fourth-order valence-electron chi connectivity index (χ4n) is 3.63. The molecule has 0 aromatic heterocycles. The van der Waals surface area contributed by atoms with Crippen LogP contribution in [0.3, 0.4) is 0 Å². The lowest BCUT2D eigenvalue weighted by atomic mass is 10.0. The average molecular weight is 389 g/mol. The molecule has 0 saturated carbocycles. The van der Waals surface area contributed by atoms with Crippen molar-refractivity contribution in [2.24, 2.45) is 0 Å². The molecule has 5 heteroatoms. The molecule has 1 amide bonds. The first-order valence-electron chi connectivity index (χ1n) is 9.73. The van der Waals surface area contributed by atoms with Crippen molar-refractivity contribution in [2.45, 2.75) is 19.5 Å². The number of rotatable bonds is 6. The van der Waals surface area contributed by atoms with E-state index in [1.54, 1.807) is 0 Å². The third-order valence-electron chi connectivity index (χ3n) is 5.13. The number of hydrogen-bond acceptors (Lipinski definition) is 3. The Bertz CT molecular complexity index is 987. The Balaban J connectivity index is 1.56. The van der Waals surface area contributed by atoms with Crippen LogP contribution >= 0.6 is 0 Å². The molecule has 148 valence electrons. The van der Waals surface area contributed by atoms with E-state index in [2.05, 4.69) is 5.32 Å². The van der Waals surface area contributed by atoms with Crippen LogP contribution in [0.5, 0.6) is 11.5 Å². The molecule has 0 saturated heterocycles. The number of anilines is 1.